The fraction of sp³-hybridized carbons (Fsp3) is 0.500. The van der Waals surface area contributed by atoms with E-state index in [0.717, 1.165) is 11.3 Å². The third-order valence-electron chi connectivity index (χ3n) is 2.54. The van der Waals surface area contributed by atoms with E-state index >= 15 is 0 Å². The molecule has 3 N–H and O–H groups in total. The third kappa shape index (κ3) is 1.71. The molecule has 1 aliphatic rings. The van der Waals surface area contributed by atoms with Crippen LogP contribution in [0.15, 0.2) is 18.3 Å². The van der Waals surface area contributed by atoms with Crippen LogP contribution in [0.5, 0.6) is 0 Å². The Bertz CT molecular complexity index is 297. The minimum atomic E-state index is 0.0170. The summed E-state index contributed by atoms with van der Waals surface area (Å²) >= 11 is 0. The summed E-state index contributed by atoms with van der Waals surface area (Å²) in [5.74, 6) is 0.584. The first-order valence-electron chi connectivity index (χ1n) is 4.63. The second-order valence-electron chi connectivity index (χ2n) is 3.57. The van der Waals surface area contributed by atoms with Crippen LogP contribution in [0.1, 0.15) is 30.1 Å². The predicted molar refractivity (Wildman–Crippen MR) is 49.8 cm³/mol. The van der Waals surface area contributed by atoms with Gasteiger partial charge in [0.25, 0.3) is 0 Å². The normalized spacial score (nSPS) is 18.6. The molecule has 0 spiro atoms. The van der Waals surface area contributed by atoms with Gasteiger partial charge in [-0.15, -0.1) is 0 Å². The van der Waals surface area contributed by atoms with Crippen molar-refractivity contribution in [3.8, 4) is 0 Å². The first-order valence-corrected chi connectivity index (χ1v) is 4.63. The molecule has 0 saturated heterocycles. The largest absolute Gasteiger partial charge is 0.392 e. The van der Waals surface area contributed by atoms with E-state index < -0.39 is 0 Å². The Balaban J connectivity index is 2.26. The molecule has 0 amide bonds. The van der Waals surface area contributed by atoms with Crippen molar-refractivity contribution in [1.82, 2.24) is 4.98 Å². The smallest absolute Gasteiger partial charge is 0.0700 e. The van der Waals surface area contributed by atoms with E-state index in [0.29, 0.717) is 5.92 Å². The van der Waals surface area contributed by atoms with Crippen molar-refractivity contribution in [1.29, 1.82) is 0 Å². The van der Waals surface area contributed by atoms with Crippen LogP contribution in [0.4, 0.5) is 0 Å². The van der Waals surface area contributed by atoms with Gasteiger partial charge in [-0.05, 0) is 24.8 Å². The van der Waals surface area contributed by atoms with Gasteiger partial charge in [-0.2, -0.15) is 0 Å². The average molecular weight is 178 g/mol. The molecule has 0 aliphatic heterocycles. The molecule has 13 heavy (non-hydrogen) atoms. The molecule has 1 aliphatic carbocycles. The highest BCUT2D eigenvalue weighted by atomic mass is 16.3. The van der Waals surface area contributed by atoms with Gasteiger partial charge in [0.2, 0.25) is 0 Å². The van der Waals surface area contributed by atoms with Crippen LogP contribution < -0.4 is 5.73 Å². The van der Waals surface area contributed by atoms with Crippen molar-refractivity contribution in [2.75, 3.05) is 0 Å². The fourth-order valence-electron chi connectivity index (χ4n) is 1.56. The van der Waals surface area contributed by atoms with Crippen LogP contribution in [0.25, 0.3) is 0 Å². The number of nitrogens with two attached hydrogens (primary N) is 1. The molecule has 1 atom stereocenters. The summed E-state index contributed by atoms with van der Waals surface area (Å²) in [4.78, 5) is 4.23. The van der Waals surface area contributed by atoms with Gasteiger partial charge in [0.05, 0.1) is 18.3 Å². The van der Waals surface area contributed by atoms with Crippen molar-refractivity contribution in [3.05, 3.63) is 29.6 Å². The lowest BCUT2D eigenvalue weighted by atomic mass is 10.0. The molecule has 1 saturated carbocycles. The van der Waals surface area contributed by atoms with Crippen molar-refractivity contribution in [2.45, 2.75) is 25.5 Å². The number of pyridine rings is 1. The Kier molecular flexibility index (Phi) is 2.29. The highest BCUT2D eigenvalue weighted by Crippen LogP contribution is 2.39. The summed E-state index contributed by atoms with van der Waals surface area (Å²) in [5.41, 5.74) is 7.73. The SMILES string of the molecule is NC(c1ncccc1CO)C1CC1. The average Bonchev–Trinajstić information content (AvgIpc) is 3.00. The minimum absolute atomic E-state index is 0.0170. The number of aromatic nitrogens is 1. The van der Waals surface area contributed by atoms with E-state index in [-0.39, 0.29) is 12.6 Å². The monoisotopic (exact) mass is 178 g/mol. The van der Waals surface area contributed by atoms with E-state index in [2.05, 4.69) is 4.98 Å². The molecule has 2 rings (SSSR count). The molecule has 1 aromatic heterocycles. The Morgan fingerprint density at radius 1 is 1.62 bits per heavy atom. The first kappa shape index (κ1) is 8.66. The number of nitrogens with zero attached hydrogens (tertiary/aromatic N) is 1. The van der Waals surface area contributed by atoms with Crippen LogP contribution in [0.3, 0.4) is 0 Å². The van der Waals surface area contributed by atoms with E-state index in [1.165, 1.54) is 12.8 Å². The van der Waals surface area contributed by atoms with Gasteiger partial charge >= 0.3 is 0 Å². The Morgan fingerprint density at radius 2 is 2.38 bits per heavy atom. The number of hydrogen-bond donors (Lipinski definition) is 2. The predicted octanol–water partition coefficient (Wildman–Crippen LogP) is 0.984. The maximum absolute atomic E-state index is 9.07. The Labute approximate surface area is 77.6 Å². The molecule has 0 bridgehead atoms. The number of rotatable bonds is 3. The number of hydrogen-bond acceptors (Lipinski definition) is 3. The van der Waals surface area contributed by atoms with Gasteiger partial charge in [-0.3, -0.25) is 4.98 Å². The van der Waals surface area contributed by atoms with Crippen molar-refractivity contribution < 1.29 is 5.11 Å². The maximum Gasteiger partial charge on any atom is 0.0700 e. The topological polar surface area (TPSA) is 59.1 Å². The summed E-state index contributed by atoms with van der Waals surface area (Å²) in [6, 6.07) is 3.72. The van der Waals surface area contributed by atoms with Crippen LogP contribution in [-0.4, -0.2) is 10.1 Å². The fourth-order valence-corrected chi connectivity index (χ4v) is 1.56. The van der Waals surface area contributed by atoms with Crippen molar-refractivity contribution >= 4 is 0 Å². The van der Waals surface area contributed by atoms with Crippen LogP contribution in [0.2, 0.25) is 0 Å². The standard InChI is InChI=1S/C10H14N2O/c11-9(7-3-4-7)10-8(6-13)2-1-5-12-10/h1-2,5,7,9,13H,3-4,6,11H2. The molecular weight excluding hydrogens is 164 g/mol. The molecule has 3 nitrogen and oxygen atoms in total. The summed E-state index contributed by atoms with van der Waals surface area (Å²) in [7, 11) is 0. The number of aliphatic hydroxyl groups is 1. The van der Waals surface area contributed by atoms with Crippen molar-refractivity contribution in [2.24, 2.45) is 11.7 Å². The zero-order valence-electron chi connectivity index (χ0n) is 7.48. The second-order valence-corrected chi connectivity index (χ2v) is 3.57. The summed E-state index contributed by atoms with van der Waals surface area (Å²) in [6.07, 6.45) is 4.13. The van der Waals surface area contributed by atoms with Crippen LogP contribution >= 0.6 is 0 Å². The minimum Gasteiger partial charge on any atom is -0.392 e. The lowest BCUT2D eigenvalue weighted by molar-refractivity contribution is 0.278. The lowest BCUT2D eigenvalue weighted by Gasteiger charge is -2.12. The molecule has 0 radical (unpaired) electrons. The van der Waals surface area contributed by atoms with E-state index in [4.69, 9.17) is 10.8 Å². The molecule has 1 fully saturated rings. The van der Waals surface area contributed by atoms with Crippen LogP contribution in [0, 0.1) is 5.92 Å². The van der Waals surface area contributed by atoms with Gasteiger partial charge in [0.1, 0.15) is 0 Å². The molecule has 0 aromatic carbocycles. The summed E-state index contributed by atoms with van der Waals surface area (Å²) < 4.78 is 0. The van der Waals surface area contributed by atoms with Gasteiger partial charge in [-0.1, -0.05) is 6.07 Å². The van der Waals surface area contributed by atoms with Gasteiger partial charge in [0.15, 0.2) is 0 Å². The Morgan fingerprint density at radius 3 is 3.00 bits per heavy atom. The molecule has 1 unspecified atom stereocenters. The van der Waals surface area contributed by atoms with Crippen LogP contribution in [-0.2, 0) is 6.61 Å². The summed E-state index contributed by atoms with van der Waals surface area (Å²) in [5, 5.41) is 9.07. The highest BCUT2D eigenvalue weighted by molar-refractivity contribution is 5.23. The highest BCUT2D eigenvalue weighted by Gasteiger charge is 2.31. The van der Waals surface area contributed by atoms with E-state index in [9.17, 15) is 0 Å². The molecule has 3 heteroatoms. The molecular formula is C10H14N2O. The van der Waals surface area contributed by atoms with Gasteiger partial charge in [0, 0.05) is 11.8 Å². The maximum atomic E-state index is 9.07. The zero-order valence-corrected chi connectivity index (χ0v) is 7.48. The molecule has 1 aromatic rings. The second kappa shape index (κ2) is 3.44. The lowest BCUT2D eigenvalue weighted by Crippen LogP contribution is -2.16. The third-order valence-corrected chi connectivity index (χ3v) is 2.54. The molecule has 70 valence electrons. The Hall–Kier alpha value is -0.930. The van der Waals surface area contributed by atoms with Gasteiger partial charge < -0.3 is 10.8 Å². The zero-order chi connectivity index (χ0) is 9.26. The summed E-state index contributed by atoms with van der Waals surface area (Å²) in [6.45, 7) is 0.0313. The van der Waals surface area contributed by atoms with E-state index in [1.807, 2.05) is 12.1 Å². The number of aliphatic hydroxyl groups excluding tert-OH is 1. The van der Waals surface area contributed by atoms with Crippen molar-refractivity contribution in [3.63, 3.8) is 0 Å². The first-order chi connectivity index (χ1) is 6.33. The molecule has 1 heterocycles. The quantitative estimate of drug-likeness (QED) is 0.725. The van der Waals surface area contributed by atoms with Gasteiger partial charge in [-0.25, -0.2) is 0 Å². The van der Waals surface area contributed by atoms with E-state index in [1.54, 1.807) is 6.20 Å².